The molecule has 2 aromatic heterocycles. The number of nitrogens with one attached hydrogen (secondary N) is 1. The number of halogens is 2. The van der Waals surface area contributed by atoms with Crippen molar-refractivity contribution in [1.29, 1.82) is 0 Å². The number of carbonyl (C=O) groups excluding carboxylic acids is 1. The normalized spacial score (nSPS) is 11.0. The molecule has 0 atom stereocenters. The van der Waals surface area contributed by atoms with Crippen molar-refractivity contribution in [1.82, 2.24) is 19.7 Å². The summed E-state index contributed by atoms with van der Waals surface area (Å²) in [6.07, 6.45) is 1.68. The van der Waals surface area contributed by atoms with Crippen LogP contribution in [0.5, 0.6) is 5.88 Å². The van der Waals surface area contributed by atoms with Gasteiger partial charge in [0.15, 0.2) is 5.82 Å². The van der Waals surface area contributed by atoms with Gasteiger partial charge in [0.1, 0.15) is 6.54 Å². The fraction of sp³-hybridized carbons (Fsp3) is 0.235. The molecular formula is C17H15BrFN5O3. The third-order valence-corrected chi connectivity index (χ3v) is 3.89. The number of carbonyl (C=O) groups is 1. The maximum atomic E-state index is 12.8. The first-order chi connectivity index (χ1) is 12.8. The second-order valence-corrected chi connectivity index (χ2v) is 6.81. The van der Waals surface area contributed by atoms with Crippen molar-refractivity contribution in [3.05, 3.63) is 51.2 Å². The number of nitrogens with zero attached hydrogens (tertiary/aromatic N) is 4. The van der Waals surface area contributed by atoms with E-state index in [2.05, 4.69) is 36.3 Å². The van der Waals surface area contributed by atoms with Crippen LogP contribution in [-0.4, -0.2) is 31.8 Å². The lowest BCUT2D eigenvalue weighted by molar-refractivity contribution is -0.117. The number of fused-ring (bicyclic) bond motifs is 1. The number of benzene rings is 1. The zero-order valence-corrected chi connectivity index (χ0v) is 16.0. The summed E-state index contributed by atoms with van der Waals surface area (Å²) in [5.41, 5.74) is -0.441. The Labute approximate surface area is 161 Å². The summed E-state index contributed by atoms with van der Waals surface area (Å²) in [6.45, 7) is 3.29. The largest absolute Gasteiger partial charge is 0.473 e. The van der Waals surface area contributed by atoms with Gasteiger partial charge in [-0.25, -0.2) is 19.0 Å². The van der Waals surface area contributed by atoms with Crippen molar-refractivity contribution < 1.29 is 13.9 Å². The van der Waals surface area contributed by atoms with Gasteiger partial charge in [0, 0.05) is 4.47 Å². The number of anilines is 1. The molecule has 1 aromatic carbocycles. The first kappa shape index (κ1) is 18.9. The van der Waals surface area contributed by atoms with Crippen LogP contribution >= 0.6 is 15.9 Å². The Bertz CT molecular complexity index is 1050. The minimum absolute atomic E-state index is 0.0715. The fourth-order valence-electron chi connectivity index (χ4n) is 2.32. The lowest BCUT2D eigenvalue weighted by Gasteiger charge is -2.14. The summed E-state index contributed by atoms with van der Waals surface area (Å²) < 4.78 is 20.3. The topological polar surface area (TPSA) is 99.0 Å². The minimum Gasteiger partial charge on any atom is -0.473 e. The van der Waals surface area contributed by atoms with E-state index < -0.39 is 17.3 Å². The van der Waals surface area contributed by atoms with E-state index in [1.807, 2.05) is 13.8 Å². The van der Waals surface area contributed by atoms with Gasteiger partial charge in [-0.2, -0.15) is 0 Å². The zero-order valence-electron chi connectivity index (χ0n) is 14.4. The van der Waals surface area contributed by atoms with Crippen LogP contribution in [-0.2, 0) is 11.3 Å². The van der Waals surface area contributed by atoms with Crippen LogP contribution in [0.15, 0.2) is 39.9 Å². The third-order valence-electron chi connectivity index (χ3n) is 3.40. The van der Waals surface area contributed by atoms with Crippen LogP contribution in [0.2, 0.25) is 0 Å². The summed E-state index contributed by atoms with van der Waals surface area (Å²) in [4.78, 5) is 32.2. The van der Waals surface area contributed by atoms with Gasteiger partial charge in [0.25, 0.3) is 5.56 Å². The van der Waals surface area contributed by atoms with Crippen molar-refractivity contribution in [2.45, 2.75) is 26.5 Å². The smallest absolute Gasteiger partial charge is 0.275 e. The first-order valence-electron chi connectivity index (χ1n) is 7.98. The molecule has 0 saturated carbocycles. The van der Waals surface area contributed by atoms with E-state index >= 15 is 0 Å². The molecule has 10 heteroatoms. The molecule has 1 amide bonds. The zero-order chi connectivity index (χ0) is 19.6. The van der Waals surface area contributed by atoms with Crippen molar-refractivity contribution in [2.75, 3.05) is 5.32 Å². The molecule has 0 aliphatic carbocycles. The summed E-state index contributed by atoms with van der Waals surface area (Å²) in [5, 5.41) is 7.48. The number of rotatable bonds is 5. The second kappa shape index (κ2) is 7.78. The molecule has 0 unspecified atom stereocenters. The molecule has 2 heterocycles. The monoisotopic (exact) mass is 435 g/mol. The van der Waals surface area contributed by atoms with E-state index in [9.17, 15) is 14.0 Å². The van der Waals surface area contributed by atoms with Gasteiger partial charge in [0.05, 0.1) is 29.3 Å². The maximum Gasteiger partial charge on any atom is 0.275 e. The van der Waals surface area contributed by atoms with E-state index in [1.165, 1.54) is 0 Å². The summed E-state index contributed by atoms with van der Waals surface area (Å²) >= 11 is 3.36. The van der Waals surface area contributed by atoms with Gasteiger partial charge in [-0.15, -0.1) is 5.10 Å². The third kappa shape index (κ3) is 4.45. The lowest BCUT2D eigenvalue weighted by Crippen LogP contribution is -2.31. The van der Waals surface area contributed by atoms with Gasteiger partial charge in [-0.3, -0.25) is 14.9 Å². The number of aromatic nitrogens is 4. The molecule has 27 heavy (non-hydrogen) atoms. The minimum atomic E-state index is -0.623. The van der Waals surface area contributed by atoms with E-state index in [0.29, 0.717) is 10.8 Å². The van der Waals surface area contributed by atoms with E-state index in [4.69, 9.17) is 4.74 Å². The SMILES string of the molecule is CC(C)Oc1nn(CC(=O)Nc2ncc(F)cn2)c(=O)c2ccc(Br)cc12. The molecule has 3 aromatic rings. The average Bonchev–Trinajstić information content (AvgIpc) is 2.60. The molecule has 0 fully saturated rings. The average molecular weight is 436 g/mol. The van der Waals surface area contributed by atoms with Crippen molar-refractivity contribution >= 4 is 38.6 Å². The van der Waals surface area contributed by atoms with Gasteiger partial charge in [-0.1, -0.05) is 15.9 Å². The predicted octanol–water partition coefficient (Wildman–Crippen LogP) is 2.51. The maximum absolute atomic E-state index is 12.8. The van der Waals surface area contributed by atoms with E-state index in [-0.39, 0.29) is 24.5 Å². The van der Waals surface area contributed by atoms with Gasteiger partial charge < -0.3 is 4.74 Å². The molecule has 1 N–H and O–H groups in total. The van der Waals surface area contributed by atoms with Gasteiger partial charge >= 0.3 is 0 Å². The van der Waals surface area contributed by atoms with E-state index in [1.54, 1.807) is 18.2 Å². The summed E-state index contributed by atoms with van der Waals surface area (Å²) in [7, 11) is 0. The molecule has 3 rings (SSSR count). The Morgan fingerprint density at radius 3 is 2.67 bits per heavy atom. The van der Waals surface area contributed by atoms with Crippen LogP contribution in [0.4, 0.5) is 10.3 Å². The second-order valence-electron chi connectivity index (χ2n) is 5.90. The number of amides is 1. The Hall–Kier alpha value is -2.88. The van der Waals surface area contributed by atoms with Crippen molar-refractivity contribution in [2.24, 2.45) is 0 Å². The highest BCUT2D eigenvalue weighted by Gasteiger charge is 2.16. The molecule has 0 aliphatic heterocycles. The molecule has 140 valence electrons. The van der Waals surface area contributed by atoms with Crippen molar-refractivity contribution in [3.63, 3.8) is 0 Å². The molecule has 0 aliphatic rings. The first-order valence-corrected chi connectivity index (χ1v) is 8.77. The fourth-order valence-corrected chi connectivity index (χ4v) is 2.68. The number of hydrogen-bond acceptors (Lipinski definition) is 6. The van der Waals surface area contributed by atoms with Gasteiger partial charge in [0.2, 0.25) is 17.7 Å². The molecular weight excluding hydrogens is 421 g/mol. The Morgan fingerprint density at radius 1 is 1.30 bits per heavy atom. The van der Waals surface area contributed by atoms with Crippen LogP contribution in [0, 0.1) is 5.82 Å². The predicted molar refractivity (Wildman–Crippen MR) is 100 cm³/mol. The Morgan fingerprint density at radius 2 is 2.00 bits per heavy atom. The summed E-state index contributed by atoms with van der Waals surface area (Å²) in [5.74, 6) is -1.03. The van der Waals surface area contributed by atoms with Crippen LogP contribution in [0.1, 0.15) is 13.8 Å². The highest BCUT2D eigenvalue weighted by Crippen LogP contribution is 2.25. The Kier molecular flexibility index (Phi) is 5.45. The van der Waals surface area contributed by atoms with Crippen LogP contribution in [0.25, 0.3) is 10.8 Å². The molecule has 0 spiro atoms. The molecule has 8 nitrogen and oxygen atoms in total. The van der Waals surface area contributed by atoms with Crippen LogP contribution in [0.3, 0.4) is 0 Å². The molecule has 0 saturated heterocycles. The van der Waals surface area contributed by atoms with Crippen molar-refractivity contribution in [3.8, 4) is 5.88 Å². The number of ether oxygens (including phenoxy) is 1. The highest BCUT2D eigenvalue weighted by atomic mass is 79.9. The lowest BCUT2D eigenvalue weighted by atomic mass is 10.2. The number of hydrogen-bond donors (Lipinski definition) is 1. The van der Waals surface area contributed by atoms with Gasteiger partial charge in [-0.05, 0) is 32.0 Å². The summed E-state index contributed by atoms with van der Waals surface area (Å²) in [6, 6.07) is 5.09. The van der Waals surface area contributed by atoms with E-state index in [0.717, 1.165) is 21.5 Å². The molecule has 0 bridgehead atoms. The van der Waals surface area contributed by atoms with Crippen LogP contribution < -0.4 is 15.6 Å². The quantitative estimate of drug-likeness (QED) is 0.660. The standard InChI is InChI=1S/C17H15BrFN5O3/c1-9(2)27-15-13-5-10(18)3-4-12(13)16(26)24(23-15)8-14(25)22-17-20-6-11(19)7-21-17/h3-7,9H,8H2,1-2H3,(H,20,21,22,25). The highest BCUT2D eigenvalue weighted by molar-refractivity contribution is 9.10. The molecule has 0 radical (unpaired) electrons. The Balaban J connectivity index is 1.94.